The van der Waals surface area contributed by atoms with Crippen molar-refractivity contribution in [2.24, 2.45) is 0 Å². The Kier molecular flexibility index (Phi) is 7.48. The second kappa shape index (κ2) is 9.62. The van der Waals surface area contributed by atoms with Crippen molar-refractivity contribution in [2.75, 3.05) is 45.1 Å². The molecule has 1 saturated heterocycles. The molecule has 23 heavy (non-hydrogen) atoms. The molecule has 1 N–H and O–H groups in total. The first kappa shape index (κ1) is 17.9. The molecule has 126 valence electrons. The number of amides is 1. The summed E-state index contributed by atoms with van der Waals surface area (Å²) in [6.45, 7) is 5.86. The molecular formula is C16H23N3O2S2. The molecule has 0 saturated carbocycles. The molecule has 0 radical (unpaired) electrons. The first-order valence-electron chi connectivity index (χ1n) is 7.83. The van der Waals surface area contributed by atoms with Crippen molar-refractivity contribution >= 4 is 35.2 Å². The molecule has 7 heteroatoms. The van der Waals surface area contributed by atoms with Gasteiger partial charge in [-0.3, -0.25) is 0 Å². The van der Waals surface area contributed by atoms with E-state index in [2.05, 4.69) is 22.3 Å². The molecule has 1 aliphatic rings. The molecule has 2 rings (SSSR count). The Morgan fingerprint density at radius 2 is 1.87 bits per heavy atom. The van der Waals surface area contributed by atoms with E-state index in [1.54, 1.807) is 4.90 Å². The highest BCUT2D eigenvalue weighted by molar-refractivity contribution is 7.99. The Labute approximate surface area is 147 Å². The van der Waals surface area contributed by atoms with E-state index in [0.29, 0.717) is 19.7 Å². The number of rotatable bonds is 5. The molecule has 1 amide bonds. The van der Waals surface area contributed by atoms with Gasteiger partial charge in [-0.25, -0.2) is 4.79 Å². The Bertz CT molecular complexity index is 505. The highest BCUT2D eigenvalue weighted by Crippen LogP contribution is 2.15. The van der Waals surface area contributed by atoms with Gasteiger partial charge in [-0.1, -0.05) is 18.2 Å². The van der Waals surface area contributed by atoms with Gasteiger partial charge in [-0.15, -0.1) is 11.8 Å². The van der Waals surface area contributed by atoms with Crippen LogP contribution in [0.2, 0.25) is 0 Å². The molecule has 1 aromatic carbocycles. The Morgan fingerprint density at radius 3 is 2.52 bits per heavy atom. The van der Waals surface area contributed by atoms with Crippen LogP contribution in [-0.2, 0) is 4.74 Å². The van der Waals surface area contributed by atoms with Gasteiger partial charge in [0.2, 0.25) is 0 Å². The number of carbonyl (C=O) groups excluding carboxylic acids is 1. The summed E-state index contributed by atoms with van der Waals surface area (Å²) in [7, 11) is 0. The summed E-state index contributed by atoms with van der Waals surface area (Å²) < 4.78 is 5.02. The van der Waals surface area contributed by atoms with Crippen LogP contribution in [0, 0.1) is 0 Å². The molecule has 0 aliphatic carbocycles. The van der Waals surface area contributed by atoms with E-state index in [9.17, 15) is 4.79 Å². The van der Waals surface area contributed by atoms with Gasteiger partial charge in [-0.2, -0.15) is 0 Å². The van der Waals surface area contributed by atoms with Gasteiger partial charge in [0.15, 0.2) is 5.11 Å². The third-order valence-electron chi connectivity index (χ3n) is 3.48. The Balaban J connectivity index is 1.62. The lowest BCUT2D eigenvalue weighted by atomic mass is 10.3. The zero-order valence-corrected chi connectivity index (χ0v) is 15.0. The number of nitrogens with one attached hydrogen (secondary N) is 1. The summed E-state index contributed by atoms with van der Waals surface area (Å²) in [4.78, 5) is 16.8. The maximum atomic E-state index is 11.7. The van der Waals surface area contributed by atoms with Gasteiger partial charge in [0.25, 0.3) is 0 Å². The molecule has 0 bridgehead atoms. The molecule has 1 aromatic rings. The van der Waals surface area contributed by atoms with Crippen LogP contribution in [0.3, 0.4) is 0 Å². The molecule has 0 atom stereocenters. The van der Waals surface area contributed by atoms with Crippen LogP contribution in [-0.4, -0.2) is 66.1 Å². The third-order valence-corrected chi connectivity index (χ3v) is 4.90. The van der Waals surface area contributed by atoms with Crippen molar-refractivity contribution < 1.29 is 9.53 Å². The molecule has 0 unspecified atom stereocenters. The smallest absolute Gasteiger partial charge is 0.409 e. The number of carbonyl (C=O) groups is 1. The van der Waals surface area contributed by atoms with Gasteiger partial charge >= 0.3 is 6.09 Å². The lowest BCUT2D eigenvalue weighted by Crippen LogP contribution is -2.53. The summed E-state index contributed by atoms with van der Waals surface area (Å²) in [5.74, 6) is 0.965. The van der Waals surface area contributed by atoms with Gasteiger partial charge in [0, 0.05) is 43.4 Å². The molecule has 1 aliphatic heterocycles. The fourth-order valence-electron chi connectivity index (χ4n) is 2.26. The molecule has 5 nitrogen and oxygen atoms in total. The average Bonchev–Trinajstić information content (AvgIpc) is 2.60. The highest BCUT2D eigenvalue weighted by atomic mass is 32.2. The molecule has 0 spiro atoms. The second-order valence-electron chi connectivity index (χ2n) is 5.07. The standard InChI is InChI=1S/C16H23N3O2S2/c1-2-21-16(20)19-11-9-18(10-12-19)15(22)17-8-13-23-14-6-4-3-5-7-14/h3-7H,2,8-13H2,1H3,(H,17,22). The fourth-order valence-corrected chi connectivity index (χ4v) is 3.34. The van der Waals surface area contributed by atoms with E-state index in [0.717, 1.165) is 30.5 Å². The van der Waals surface area contributed by atoms with Gasteiger partial charge < -0.3 is 19.9 Å². The summed E-state index contributed by atoms with van der Waals surface area (Å²) >= 11 is 7.24. The van der Waals surface area contributed by atoms with Gasteiger partial charge in [0.1, 0.15) is 0 Å². The maximum absolute atomic E-state index is 11.7. The summed E-state index contributed by atoms with van der Waals surface area (Å²) in [5.41, 5.74) is 0. The molecule has 0 aromatic heterocycles. The van der Waals surface area contributed by atoms with E-state index in [-0.39, 0.29) is 6.09 Å². The number of piperazine rings is 1. The number of thioether (sulfide) groups is 1. The topological polar surface area (TPSA) is 44.8 Å². The van der Waals surface area contributed by atoms with Crippen molar-refractivity contribution in [1.82, 2.24) is 15.1 Å². The lowest BCUT2D eigenvalue weighted by molar-refractivity contribution is 0.0919. The summed E-state index contributed by atoms with van der Waals surface area (Å²) in [5, 5.41) is 4.06. The van der Waals surface area contributed by atoms with Gasteiger partial charge in [0.05, 0.1) is 6.61 Å². The van der Waals surface area contributed by atoms with Crippen LogP contribution in [0.5, 0.6) is 0 Å². The quantitative estimate of drug-likeness (QED) is 0.498. The van der Waals surface area contributed by atoms with Crippen LogP contribution in [0.1, 0.15) is 6.92 Å². The van der Waals surface area contributed by atoms with Gasteiger partial charge in [-0.05, 0) is 31.3 Å². The van der Waals surface area contributed by atoms with Crippen LogP contribution < -0.4 is 5.32 Å². The minimum Gasteiger partial charge on any atom is -0.450 e. The van der Waals surface area contributed by atoms with E-state index < -0.39 is 0 Å². The van der Waals surface area contributed by atoms with E-state index in [1.165, 1.54) is 4.90 Å². The minimum absolute atomic E-state index is 0.231. The number of hydrogen-bond acceptors (Lipinski definition) is 4. The average molecular weight is 354 g/mol. The van der Waals surface area contributed by atoms with Crippen LogP contribution in [0.4, 0.5) is 4.79 Å². The number of ether oxygens (including phenoxy) is 1. The van der Waals surface area contributed by atoms with Crippen molar-refractivity contribution in [1.29, 1.82) is 0 Å². The first-order valence-corrected chi connectivity index (χ1v) is 9.22. The zero-order chi connectivity index (χ0) is 16.5. The van der Waals surface area contributed by atoms with Crippen LogP contribution in [0.15, 0.2) is 35.2 Å². The lowest BCUT2D eigenvalue weighted by Gasteiger charge is -2.35. The first-order chi connectivity index (χ1) is 11.2. The largest absolute Gasteiger partial charge is 0.450 e. The predicted octanol–water partition coefficient (Wildman–Crippen LogP) is 2.43. The van der Waals surface area contributed by atoms with E-state index in [1.807, 2.05) is 36.9 Å². The monoisotopic (exact) mass is 353 g/mol. The SMILES string of the molecule is CCOC(=O)N1CCN(C(=S)NCCSc2ccccc2)CC1. The molecule has 1 fully saturated rings. The van der Waals surface area contributed by atoms with E-state index in [4.69, 9.17) is 17.0 Å². The van der Waals surface area contributed by atoms with Crippen molar-refractivity contribution in [3.8, 4) is 0 Å². The van der Waals surface area contributed by atoms with Crippen molar-refractivity contribution in [2.45, 2.75) is 11.8 Å². The van der Waals surface area contributed by atoms with Crippen LogP contribution in [0.25, 0.3) is 0 Å². The summed E-state index contributed by atoms with van der Waals surface area (Å²) in [6, 6.07) is 10.3. The minimum atomic E-state index is -0.231. The third kappa shape index (κ3) is 5.91. The van der Waals surface area contributed by atoms with Crippen molar-refractivity contribution in [3.05, 3.63) is 30.3 Å². The van der Waals surface area contributed by atoms with E-state index >= 15 is 0 Å². The molecular weight excluding hydrogens is 330 g/mol. The summed E-state index contributed by atoms with van der Waals surface area (Å²) in [6.07, 6.45) is -0.231. The number of hydrogen-bond donors (Lipinski definition) is 1. The molecule has 1 heterocycles. The Morgan fingerprint density at radius 1 is 1.22 bits per heavy atom. The maximum Gasteiger partial charge on any atom is 0.409 e. The highest BCUT2D eigenvalue weighted by Gasteiger charge is 2.22. The number of thiocarbonyl (C=S) groups is 1. The normalized spacial score (nSPS) is 14.5. The van der Waals surface area contributed by atoms with Crippen molar-refractivity contribution in [3.63, 3.8) is 0 Å². The fraction of sp³-hybridized carbons (Fsp3) is 0.500. The zero-order valence-electron chi connectivity index (χ0n) is 13.4. The Hall–Kier alpha value is -1.47. The second-order valence-corrected chi connectivity index (χ2v) is 6.62. The number of benzene rings is 1. The van der Waals surface area contributed by atoms with Crippen LogP contribution >= 0.6 is 24.0 Å². The number of nitrogens with zero attached hydrogens (tertiary/aromatic N) is 2. The predicted molar refractivity (Wildman–Crippen MR) is 97.9 cm³/mol.